The van der Waals surface area contributed by atoms with Gasteiger partial charge in [-0.1, -0.05) is 11.8 Å². The van der Waals surface area contributed by atoms with Crippen LogP contribution in [0.15, 0.2) is 56.3 Å². The van der Waals surface area contributed by atoms with Crippen molar-refractivity contribution < 1.29 is 9.15 Å². The fourth-order valence-corrected chi connectivity index (χ4v) is 5.09. The molecule has 5 rings (SSSR count). The average Bonchev–Trinajstić information content (AvgIpc) is 3.46. The van der Waals surface area contributed by atoms with Crippen LogP contribution in [0.1, 0.15) is 24.9 Å². The zero-order valence-corrected chi connectivity index (χ0v) is 17.9. The fraction of sp³-hybridized carbons (Fsp3) is 0.190. The van der Waals surface area contributed by atoms with Gasteiger partial charge in [0.25, 0.3) is 5.56 Å². The van der Waals surface area contributed by atoms with Gasteiger partial charge in [0.15, 0.2) is 5.16 Å². The Bertz CT molecular complexity index is 1380. The van der Waals surface area contributed by atoms with Crippen LogP contribution in [0.3, 0.4) is 0 Å². The number of hydrogen-bond donors (Lipinski definition) is 2. The Morgan fingerprint density at radius 3 is 2.97 bits per heavy atom. The predicted molar refractivity (Wildman–Crippen MR) is 119 cm³/mol. The first-order valence-corrected chi connectivity index (χ1v) is 11.2. The molecule has 0 aliphatic carbocycles. The Labute approximate surface area is 179 Å². The molecule has 0 spiro atoms. The van der Waals surface area contributed by atoms with Crippen molar-refractivity contribution in [2.75, 3.05) is 6.61 Å². The summed E-state index contributed by atoms with van der Waals surface area (Å²) in [6.07, 6.45) is 1.60. The number of imidazole rings is 1. The SMILES string of the molecule is CCOc1ccc2nc(SC(C)c3nc4scc(-c5ccco5)c4c(=O)[nH]3)[nH]c2c1. The van der Waals surface area contributed by atoms with Gasteiger partial charge in [-0.25, -0.2) is 9.97 Å². The van der Waals surface area contributed by atoms with Gasteiger partial charge in [0.2, 0.25) is 0 Å². The van der Waals surface area contributed by atoms with Crippen LogP contribution in [0.25, 0.3) is 32.6 Å². The highest BCUT2D eigenvalue weighted by Crippen LogP contribution is 2.35. The molecule has 2 N–H and O–H groups in total. The van der Waals surface area contributed by atoms with E-state index in [1.807, 2.05) is 43.5 Å². The van der Waals surface area contributed by atoms with E-state index in [0.717, 1.165) is 27.5 Å². The van der Waals surface area contributed by atoms with Crippen LogP contribution < -0.4 is 10.3 Å². The summed E-state index contributed by atoms with van der Waals surface area (Å²) < 4.78 is 11.0. The minimum Gasteiger partial charge on any atom is -0.494 e. The van der Waals surface area contributed by atoms with Crippen molar-refractivity contribution in [1.29, 1.82) is 0 Å². The summed E-state index contributed by atoms with van der Waals surface area (Å²) in [5.74, 6) is 2.08. The number of aromatic amines is 2. The molecule has 0 bridgehead atoms. The number of hydrogen-bond acceptors (Lipinski definition) is 7. The molecule has 4 heterocycles. The molecular weight excluding hydrogens is 420 g/mol. The zero-order chi connectivity index (χ0) is 20.7. The van der Waals surface area contributed by atoms with E-state index < -0.39 is 0 Å². The van der Waals surface area contributed by atoms with Crippen LogP contribution in [0.5, 0.6) is 5.75 Å². The van der Waals surface area contributed by atoms with Crippen molar-refractivity contribution in [1.82, 2.24) is 19.9 Å². The van der Waals surface area contributed by atoms with E-state index >= 15 is 0 Å². The molecule has 30 heavy (non-hydrogen) atoms. The maximum Gasteiger partial charge on any atom is 0.260 e. The normalized spacial score (nSPS) is 12.6. The number of nitrogens with one attached hydrogen (secondary N) is 2. The Morgan fingerprint density at radius 1 is 1.27 bits per heavy atom. The van der Waals surface area contributed by atoms with E-state index in [1.165, 1.54) is 23.1 Å². The van der Waals surface area contributed by atoms with Crippen LogP contribution >= 0.6 is 23.1 Å². The minimum atomic E-state index is -0.166. The van der Waals surface area contributed by atoms with Gasteiger partial charge in [0.1, 0.15) is 22.2 Å². The molecule has 7 nitrogen and oxygen atoms in total. The van der Waals surface area contributed by atoms with Gasteiger partial charge in [0, 0.05) is 17.0 Å². The second-order valence-corrected chi connectivity index (χ2v) is 8.86. The van der Waals surface area contributed by atoms with Crippen LogP contribution in [0, 0.1) is 0 Å². The number of thioether (sulfide) groups is 1. The monoisotopic (exact) mass is 438 g/mol. The topological polar surface area (TPSA) is 96.8 Å². The second kappa shape index (κ2) is 7.66. The van der Waals surface area contributed by atoms with Crippen LogP contribution in [0.2, 0.25) is 0 Å². The lowest BCUT2D eigenvalue weighted by Gasteiger charge is -2.08. The Kier molecular flexibility index (Phi) is 4.84. The smallest absolute Gasteiger partial charge is 0.260 e. The number of thiophene rings is 1. The average molecular weight is 439 g/mol. The quantitative estimate of drug-likeness (QED) is 0.346. The summed E-state index contributed by atoms with van der Waals surface area (Å²) in [5.41, 5.74) is 2.38. The lowest BCUT2D eigenvalue weighted by Crippen LogP contribution is -2.12. The molecule has 9 heteroatoms. The standard InChI is InChI=1S/C21H18N4O3S2/c1-3-27-12-6-7-14-15(9-12)23-21(22-14)30-11(2)18-24-19(26)17-13(10-29-20(17)25-18)16-5-4-8-28-16/h4-11H,3H2,1-2H3,(H,22,23)(H,24,25,26). The summed E-state index contributed by atoms with van der Waals surface area (Å²) in [6.45, 7) is 4.56. The lowest BCUT2D eigenvalue weighted by atomic mass is 10.2. The van der Waals surface area contributed by atoms with E-state index in [4.69, 9.17) is 14.1 Å². The van der Waals surface area contributed by atoms with Gasteiger partial charge in [-0.05, 0) is 38.1 Å². The summed E-state index contributed by atoms with van der Waals surface area (Å²) in [7, 11) is 0. The molecule has 1 aromatic carbocycles. The number of nitrogens with zero attached hydrogens (tertiary/aromatic N) is 2. The molecule has 0 radical (unpaired) electrons. The van der Waals surface area contributed by atoms with Crippen molar-refractivity contribution in [3.63, 3.8) is 0 Å². The molecule has 0 fully saturated rings. The molecule has 4 aromatic heterocycles. The third kappa shape index (κ3) is 3.40. The Balaban J connectivity index is 1.44. The van der Waals surface area contributed by atoms with E-state index in [0.29, 0.717) is 28.4 Å². The molecule has 5 aromatic rings. The molecule has 1 unspecified atom stereocenters. The Morgan fingerprint density at radius 2 is 2.17 bits per heavy atom. The number of furan rings is 1. The van der Waals surface area contributed by atoms with Crippen LogP contribution in [-0.2, 0) is 0 Å². The van der Waals surface area contributed by atoms with Crippen LogP contribution in [0.4, 0.5) is 0 Å². The third-order valence-electron chi connectivity index (χ3n) is 4.66. The first-order chi connectivity index (χ1) is 14.6. The van der Waals surface area contributed by atoms with Gasteiger partial charge in [-0.2, -0.15) is 0 Å². The van der Waals surface area contributed by atoms with Crippen molar-refractivity contribution >= 4 is 44.3 Å². The van der Waals surface area contributed by atoms with Gasteiger partial charge >= 0.3 is 0 Å². The van der Waals surface area contributed by atoms with Gasteiger partial charge < -0.3 is 19.1 Å². The van der Waals surface area contributed by atoms with Crippen molar-refractivity contribution in [3.8, 4) is 17.1 Å². The largest absolute Gasteiger partial charge is 0.494 e. The first-order valence-electron chi connectivity index (χ1n) is 9.47. The summed E-state index contributed by atoms with van der Waals surface area (Å²) in [6, 6.07) is 9.42. The number of H-pyrrole nitrogens is 2. The van der Waals surface area contributed by atoms with Crippen molar-refractivity contribution in [3.05, 3.63) is 58.2 Å². The van der Waals surface area contributed by atoms with E-state index in [-0.39, 0.29) is 10.8 Å². The highest BCUT2D eigenvalue weighted by molar-refractivity contribution is 7.99. The van der Waals surface area contributed by atoms with Crippen LogP contribution in [-0.4, -0.2) is 26.5 Å². The number of fused-ring (bicyclic) bond motifs is 2. The number of ether oxygens (including phenoxy) is 1. The number of benzene rings is 1. The fourth-order valence-electron chi connectivity index (χ4n) is 3.27. The predicted octanol–water partition coefficient (Wildman–Crippen LogP) is 5.37. The van der Waals surface area contributed by atoms with Crippen molar-refractivity contribution in [2.24, 2.45) is 0 Å². The summed E-state index contributed by atoms with van der Waals surface area (Å²) >= 11 is 2.95. The molecule has 0 saturated heterocycles. The van der Waals surface area contributed by atoms with E-state index in [1.54, 1.807) is 12.3 Å². The maximum absolute atomic E-state index is 12.8. The molecule has 0 amide bonds. The molecular formula is C21H18N4O3S2. The molecule has 1 atom stereocenters. The summed E-state index contributed by atoms with van der Waals surface area (Å²) in [5, 5.41) is 3.13. The molecule has 0 aliphatic heterocycles. The van der Waals surface area contributed by atoms with E-state index in [2.05, 4.69) is 15.0 Å². The first kappa shape index (κ1) is 19.0. The van der Waals surface area contributed by atoms with Gasteiger partial charge in [-0.3, -0.25) is 4.79 Å². The third-order valence-corrected chi connectivity index (χ3v) is 6.53. The van der Waals surface area contributed by atoms with Crippen molar-refractivity contribution in [2.45, 2.75) is 24.3 Å². The minimum absolute atomic E-state index is 0.0943. The summed E-state index contributed by atoms with van der Waals surface area (Å²) in [4.78, 5) is 29.1. The molecule has 152 valence electrons. The second-order valence-electron chi connectivity index (χ2n) is 6.67. The van der Waals surface area contributed by atoms with E-state index in [9.17, 15) is 4.79 Å². The highest BCUT2D eigenvalue weighted by atomic mass is 32.2. The Hall–Kier alpha value is -3.04. The number of aromatic nitrogens is 4. The molecule has 0 aliphatic rings. The van der Waals surface area contributed by atoms with Gasteiger partial charge in [-0.15, -0.1) is 11.3 Å². The highest BCUT2D eigenvalue weighted by Gasteiger charge is 2.18. The van der Waals surface area contributed by atoms with Gasteiger partial charge in [0.05, 0.1) is 34.5 Å². The maximum atomic E-state index is 12.8. The number of rotatable bonds is 6. The zero-order valence-electron chi connectivity index (χ0n) is 16.3. The molecule has 0 saturated carbocycles. The lowest BCUT2D eigenvalue weighted by molar-refractivity contribution is 0.340.